The minimum atomic E-state index is -0.468. The van der Waals surface area contributed by atoms with Crippen LogP contribution in [0.15, 0.2) is 59.6 Å². The number of aryl methyl sites for hydroxylation is 2. The van der Waals surface area contributed by atoms with Gasteiger partial charge >= 0.3 is 0 Å². The molecule has 10 heteroatoms. The fraction of sp³-hybridized carbons (Fsp3) is 0.190. The number of amides is 1. The van der Waals surface area contributed by atoms with Gasteiger partial charge in [0.2, 0.25) is 0 Å². The molecule has 31 heavy (non-hydrogen) atoms. The van der Waals surface area contributed by atoms with Gasteiger partial charge in [0.25, 0.3) is 11.6 Å². The zero-order chi connectivity index (χ0) is 22.0. The number of halogens is 1. The number of rotatable bonds is 7. The van der Waals surface area contributed by atoms with Gasteiger partial charge in [-0.15, -0.1) is 0 Å². The van der Waals surface area contributed by atoms with E-state index in [2.05, 4.69) is 25.9 Å². The topological polar surface area (TPSA) is 94.2 Å². The van der Waals surface area contributed by atoms with Gasteiger partial charge in [0.15, 0.2) is 5.13 Å². The van der Waals surface area contributed by atoms with Gasteiger partial charge in [-0.25, -0.2) is 9.97 Å². The molecule has 0 aliphatic rings. The van der Waals surface area contributed by atoms with Crippen LogP contribution in [0, 0.1) is 17.0 Å². The normalized spacial score (nSPS) is 11.0. The maximum atomic E-state index is 13.4. The Morgan fingerprint density at radius 2 is 2.13 bits per heavy atom. The summed E-state index contributed by atoms with van der Waals surface area (Å²) < 4.78 is 3.82. The highest BCUT2D eigenvalue weighted by Gasteiger charge is 2.23. The molecule has 0 N–H and O–H groups in total. The SMILES string of the molecule is Cc1ccc(C(=O)N(CCCn2ccnc2)c2nc3ccc(Br)cc3s2)cc1[N+](=O)[O-]. The third-order valence-corrected chi connectivity index (χ3v) is 6.36. The molecular formula is C21H18BrN5O3S. The molecule has 4 aromatic rings. The maximum Gasteiger partial charge on any atom is 0.273 e. The third-order valence-electron chi connectivity index (χ3n) is 4.83. The number of nitro groups is 1. The molecule has 1 amide bonds. The standard InChI is InChI=1S/C21H18BrN5O3S/c1-14-3-4-15(11-18(14)27(29)30)20(28)26(9-2-8-25-10-7-23-13-25)21-24-17-6-5-16(22)12-19(17)31-21/h3-7,10-13H,2,8-9H2,1H3. The van der Waals surface area contributed by atoms with Crippen molar-refractivity contribution >= 4 is 54.2 Å². The molecule has 0 atom stereocenters. The van der Waals surface area contributed by atoms with Crippen molar-refractivity contribution in [1.82, 2.24) is 14.5 Å². The lowest BCUT2D eigenvalue weighted by atomic mass is 10.1. The van der Waals surface area contributed by atoms with E-state index in [4.69, 9.17) is 0 Å². The first-order valence-corrected chi connectivity index (χ1v) is 11.1. The van der Waals surface area contributed by atoms with Crippen LogP contribution in [-0.4, -0.2) is 31.9 Å². The zero-order valence-corrected chi connectivity index (χ0v) is 19.0. The largest absolute Gasteiger partial charge is 0.337 e. The summed E-state index contributed by atoms with van der Waals surface area (Å²) in [6.07, 6.45) is 5.98. The summed E-state index contributed by atoms with van der Waals surface area (Å²) in [7, 11) is 0. The molecule has 2 aromatic heterocycles. The van der Waals surface area contributed by atoms with Gasteiger partial charge < -0.3 is 4.57 Å². The number of carbonyl (C=O) groups is 1. The Morgan fingerprint density at radius 3 is 2.87 bits per heavy atom. The fourth-order valence-electron chi connectivity index (χ4n) is 3.21. The van der Waals surface area contributed by atoms with Crippen molar-refractivity contribution < 1.29 is 9.72 Å². The lowest BCUT2D eigenvalue weighted by molar-refractivity contribution is -0.385. The number of imidazole rings is 1. The molecule has 0 unspecified atom stereocenters. The zero-order valence-electron chi connectivity index (χ0n) is 16.6. The average Bonchev–Trinajstić information content (AvgIpc) is 3.40. The highest BCUT2D eigenvalue weighted by molar-refractivity contribution is 9.10. The predicted octanol–water partition coefficient (Wildman–Crippen LogP) is 5.21. The molecular weight excluding hydrogens is 482 g/mol. The number of benzene rings is 2. The Hall–Kier alpha value is -3.11. The molecule has 2 aromatic carbocycles. The summed E-state index contributed by atoms with van der Waals surface area (Å²) in [4.78, 5) is 34.6. The molecule has 0 aliphatic carbocycles. The molecule has 0 bridgehead atoms. The molecule has 8 nitrogen and oxygen atoms in total. The van der Waals surface area contributed by atoms with E-state index in [-0.39, 0.29) is 17.2 Å². The number of fused-ring (bicyclic) bond motifs is 1. The van der Waals surface area contributed by atoms with Gasteiger partial charge in [0, 0.05) is 47.1 Å². The van der Waals surface area contributed by atoms with E-state index in [1.54, 1.807) is 36.5 Å². The Labute approximate surface area is 190 Å². The highest BCUT2D eigenvalue weighted by atomic mass is 79.9. The van der Waals surface area contributed by atoms with Crippen LogP contribution in [0.2, 0.25) is 0 Å². The van der Waals surface area contributed by atoms with Crippen molar-refractivity contribution in [2.75, 3.05) is 11.4 Å². The van der Waals surface area contributed by atoms with Crippen molar-refractivity contribution in [3.05, 3.63) is 80.8 Å². The third kappa shape index (κ3) is 4.64. The molecule has 2 heterocycles. The summed E-state index contributed by atoms with van der Waals surface area (Å²) in [5.74, 6) is -0.313. The molecule has 0 saturated carbocycles. The number of nitro benzene ring substituents is 1. The summed E-state index contributed by atoms with van der Waals surface area (Å²) in [5.41, 5.74) is 1.50. The molecule has 0 aliphatic heterocycles. The lowest BCUT2D eigenvalue weighted by Gasteiger charge is -2.20. The summed E-state index contributed by atoms with van der Waals surface area (Å²) in [5, 5.41) is 11.9. The molecule has 4 rings (SSSR count). The smallest absolute Gasteiger partial charge is 0.273 e. The Kier molecular flexibility index (Phi) is 6.10. The van der Waals surface area contributed by atoms with Gasteiger partial charge in [-0.1, -0.05) is 33.3 Å². The van der Waals surface area contributed by atoms with Crippen LogP contribution >= 0.6 is 27.3 Å². The van der Waals surface area contributed by atoms with Gasteiger partial charge in [0.1, 0.15) is 0 Å². The minimum absolute atomic E-state index is 0.0718. The van der Waals surface area contributed by atoms with Crippen molar-refractivity contribution in [2.45, 2.75) is 19.9 Å². The number of hydrogen-bond donors (Lipinski definition) is 0. The van der Waals surface area contributed by atoms with Crippen molar-refractivity contribution in [3.63, 3.8) is 0 Å². The number of nitrogens with zero attached hydrogens (tertiary/aromatic N) is 5. The van der Waals surface area contributed by atoms with Gasteiger partial charge in [0.05, 0.1) is 21.5 Å². The summed E-state index contributed by atoms with van der Waals surface area (Å²) in [6.45, 7) is 2.76. The Bertz CT molecular complexity index is 1260. The van der Waals surface area contributed by atoms with E-state index in [1.807, 2.05) is 29.0 Å². The van der Waals surface area contributed by atoms with Crippen LogP contribution in [0.3, 0.4) is 0 Å². The van der Waals surface area contributed by atoms with E-state index in [9.17, 15) is 14.9 Å². The van der Waals surface area contributed by atoms with Crippen LogP contribution in [0.1, 0.15) is 22.3 Å². The number of anilines is 1. The molecule has 158 valence electrons. The van der Waals surface area contributed by atoms with E-state index < -0.39 is 4.92 Å². The number of thiazole rings is 1. The fourth-order valence-corrected chi connectivity index (χ4v) is 4.75. The van der Waals surface area contributed by atoms with Gasteiger partial charge in [-0.3, -0.25) is 19.8 Å². The number of aromatic nitrogens is 3. The van der Waals surface area contributed by atoms with Crippen LogP contribution in [0.25, 0.3) is 10.2 Å². The second kappa shape index (κ2) is 8.94. The van der Waals surface area contributed by atoms with Crippen LogP contribution < -0.4 is 4.90 Å². The first kappa shape index (κ1) is 21.1. The first-order valence-electron chi connectivity index (χ1n) is 9.51. The van der Waals surface area contributed by atoms with Crippen LogP contribution in [0.5, 0.6) is 0 Å². The monoisotopic (exact) mass is 499 g/mol. The first-order chi connectivity index (χ1) is 14.9. The van der Waals surface area contributed by atoms with Crippen molar-refractivity contribution in [3.8, 4) is 0 Å². The van der Waals surface area contributed by atoms with E-state index in [0.29, 0.717) is 30.2 Å². The molecule has 0 saturated heterocycles. The van der Waals surface area contributed by atoms with E-state index in [1.165, 1.54) is 17.4 Å². The van der Waals surface area contributed by atoms with E-state index >= 15 is 0 Å². The molecule has 0 fully saturated rings. The van der Waals surface area contributed by atoms with E-state index in [0.717, 1.165) is 14.7 Å². The van der Waals surface area contributed by atoms with Gasteiger partial charge in [-0.2, -0.15) is 0 Å². The average molecular weight is 500 g/mol. The quantitative estimate of drug-likeness (QED) is 0.257. The summed E-state index contributed by atoms with van der Waals surface area (Å²) in [6, 6.07) is 10.3. The maximum absolute atomic E-state index is 13.4. The summed E-state index contributed by atoms with van der Waals surface area (Å²) >= 11 is 4.88. The Balaban J connectivity index is 1.67. The van der Waals surface area contributed by atoms with Crippen molar-refractivity contribution in [2.24, 2.45) is 0 Å². The van der Waals surface area contributed by atoms with Crippen molar-refractivity contribution in [1.29, 1.82) is 0 Å². The number of carbonyl (C=O) groups excluding carboxylic acids is 1. The second-order valence-corrected chi connectivity index (χ2v) is 8.90. The molecule has 0 spiro atoms. The molecule has 0 radical (unpaired) electrons. The van der Waals surface area contributed by atoms with Crippen LogP contribution in [0.4, 0.5) is 10.8 Å². The second-order valence-electron chi connectivity index (χ2n) is 6.98. The highest BCUT2D eigenvalue weighted by Crippen LogP contribution is 2.32. The van der Waals surface area contributed by atoms with Gasteiger partial charge in [-0.05, 0) is 37.6 Å². The predicted molar refractivity (Wildman–Crippen MR) is 124 cm³/mol. The lowest BCUT2D eigenvalue weighted by Crippen LogP contribution is -2.32. The minimum Gasteiger partial charge on any atom is -0.337 e. The van der Waals surface area contributed by atoms with Crippen LogP contribution in [-0.2, 0) is 6.54 Å². The number of hydrogen-bond acceptors (Lipinski definition) is 6. The Morgan fingerprint density at radius 1 is 1.29 bits per heavy atom.